The van der Waals surface area contributed by atoms with E-state index in [0.717, 1.165) is 0 Å². The summed E-state index contributed by atoms with van der Waals surface area (Å²) in [5.74, 6) is 0. The smallest absolute Gasteiger partial charge is 0.0712 e. The van der Waals surface area contributed by atoms with E-state index < -0.39 is 0 Å². The fourth-order valence-corrected chi connectivity index (χ4v) is 1.34. The van der Waals surface area contributed by atoms with Crippen LogP contribution in [0.4, 0.5) is 0 Å². The number of hydrogen-bond donors (Lipinski definition) is 0. The molecule has 2 heteroatoms. The molecule has 0 spiro atoms. The van der Waals surface area contributed by atoms with Crippen LogP contribution in [-0.2, 0) is 0 Å². The molecule has 0 atom stereocenters. The first-order valence-corrected chi connectivity index (χ1v) is 3.94. The highest BCUT2D eigenvalue weighted by molar-refractivity contribution is 4.71. The molecular formula is C8H14N2. The molecule has 10 heavy (non-hydrogen) atoms. The van der Waals surface area contributed by atoms with Crippen LogP contribution < -0.4 is 0 Å². The summed E-state index contributed by atoms with van der Waals surface area (Å²) >= 11 is 0. The predicted octanol–water partition coefficient (Wildman–Crippen LogP) is 2.91. The molecular weight excluding hydrogens is 124 g/mol. The number of hydrogen-bond acceptors (Lipinski definition) is 2. The molecule has 1 fully saturated rings. The van der Waals surface area contributed by atoms with Gasteiger partial charge in [-0.1, -0.05) is 25.8 Å². The van der Waals surface area contributed by atoms with Gasteiger partial charge in [-0.2, -0.15) is 10.2 Å². The Morgan fingerprint density at radius 2 is 1.90 bits per heavy atom. The Kier molecular flexibility index (Phi) is 3.13. The van der Waals surface area contributed by atoms with Crippen LogP contribution in [0.1, 0.15) is 32.1 Å². The zero-order valence-corrected chi connectivity index (χ0v) is 6.29. The molecule has 0 heterocycles. The normalized spacial score (nSPS) is 21.6. The molecule has 0 aromatic heterocycles. The molecule has 0 unspecified atom stereocenters. The van der Waals surface area contributed by atoms with E-state index in [0.29, 0.717) is 6.04 Å². The van der Waals surface area contributed by atoms with Gasteiger partial charge in [0.15, 0.2) is 0 Å². The van der Waals surface area contributed by atoms with E-state index in [1.54, 1.807) is 0 Å². The van der Waals surface area contributed by atoms with Crippen molar-refractivity contribution >= 4 is 0 Å². The minimum absolute atomic E-state index is 0.492. The van der Waals surface area contributed by atoms with Crippen LogP contribution in [0, 0.1) is 0 Å². The van der Waals surface area contributed by atoms with Crippen molar-refractivity contribution in [3.8, 4) is 0 Å². The summed E-state index contributed by atoms with van der Waals surface area (Å²) in [5.41, 5.74) is 0. The van der Waals surface area contributed by atoms with Crippen LogP contribution in [0.3, 0.4) is 0 Å². The highest BCUT2D eigenvalue weighted by Gasteiger charge is 2.10. The Morgan fingerprint density at radius 3 is 2.50 bits per heavy atom. The van der Waals surface area contributed by atoms with Crippen molar-refractivity contribution in [2.24, 2.45) is 10.2 Å². The van der Waals surface area contributed by atoms with E-state index in [1.165, 1.54) is 38.3 Å². The standard InChI is InChI=1S/C8H14N2/c1-2-9-10-8-6-4-3-5-7-8/h2,8H,1,3-7H2. The molecule has 0 aromatic rings. The first-order valence-electron chi connectivity index (χ1n) is 3.94. The van der Waals surface area contributed by atoms with Gasteiger partial charge >= 0.3 is 0 Å². The van der Waals surface area contributed by atoms with Crippen molar-refractivity contribution in [1.29, 1.82) is 0 Å². The average Bonchev–Trinajstić information content (AvgIpc) is 2.03. The lowest BCUT2D eigenvalue weighted by Crippen LogP contribution is -2.08. The summed E-state index contributed by atoms with van der Waals surface area (Å²) in [6, 6.07) is 0.492. The second-order valence-corrected chi connectivity index (χ2v) is 2.71. The lowest BCUT2D eigenvalue weighted by atomic mass is 9.96. The van der Waals surface area contributed by atoms with Crippen molar-refractivity contribution in [2.75, 3.05) is 0 Å². The maximum Gasteiger partial charge on any atom is 0.0712 e. The summed E-state index contributed by atoms with van der Waals surface area (Å²) < 4.78 is 0. The van der Waals surface area contributed by atoms with Crippen LogP contribution in [0.5, 0.6) is 0 Å². The number of nitrogens with zero attached hydrogens (tertiary/aromatic N) is 2. The molecule has 56 valence electrons. The van der Waals surface area contributed by atoms with Crippen LogP contribution in [-0.4, -0.2) is 6.04 Å². The van der Waals surface area contributed by atoms with Gasteiger partial charge < -0.3 is 0 Å². The Bertz CT molecular complexity index is 123. The molecule has 0 aliphatic heterocycles. The van der Waals surface area contributed by atoms with Gasteiger partial charge in [-0.15, -0.1) is 0 Å². The van der Waals surface area contributed by atoms with Crippen LogP contribution in [0.15, 0.2) is 23.0 Å². The fraction of sp³-hybridized carbons (Fsp3) is 0.750. The molecule has 0 N–H and O–H groups in total. The SMILES string of the molecule is C=CN=NC1CCCCC1. The molecule has 1 aliphatic rings. The molecule has 0 bridgehead atoms. The van der Waals surface area contributed by atoms with E-state index in [2.05, 4.69) is 16.8 Å². The van der Waals surface area contributed by atoms with E-state index >= 15 is 0 Å². The first kappa shape index (κ1) is 7.45. The monoisotopic (exact) mass is 138 g/mol. The molecule has 0 aromatic carbocycles. The molecule has 1 rings (SSSR count). The van der Waals surface area contributed by atoms with Crippen molar-refractivity contribution < 1.29 is 0 Å². The maximum absolute atomic E-state index is 4.11. The Balaban J connectivity index is 2.25. The fourth-order valence-electron chi connectivity index (χ4n) is 1.34. The van der Waals surface area contributed by atoms with Gasteiger partial charge in [0, 0.05) is 6.20 Å². The van der Waals surface area contributed by atoms with Gasteiger partial charge in [0.25, 0.3) is 0 Å². The summed E-state index contributed by atoms with van der Waals surface area (Å²) in [6.07, 6.45) is 7.96. The molecule has 2 nitrogen and oxygen atoms in total. The molecule has 0 amide bonds. The van der Waals surface area contributed by atoms with Crippen LogP contribution in [0.25, 0.3) is 0 Å². The Labute approximate surface area is 62.0 Å². The second kappa shape index (κ2) is 4.20. The van der Waals surface area contributed by atoms with Gasteiger partial charge in [0.1, 0.15) is 0 Å². The number of rotatable bonds is 2. The number of azo groups is 1. The minimum atomic E-state index is 0.492. The largest absolute Gasteiger partial charge is 0.186 e. The van der Waals surface area contributed by atoms with Gasteiger partial charge in [0.05, 0.1) is 6.04 Å². The third kappa shape index (κ3) is 2.29. The third-order valence-corrected chi connectivity index (χ3v) is 1.89. The predicted molar refractivity (Wildman–Crippen MR) is 41.9 cm³/mol. The van der Waals surface area contributed by atoms with Crippen LogP contribution in [0.2, 0.25) is 0 Å². The van der Waals surface area contributed by atoms with Crippen molar-refractivity contribution in [3.63, 3.8) is 0 Å². The van der Waals surface area contributed by atoms with Gasteiger partial charge in [-0.25, -0.2) is 0 Å². The second-order valence-electron chi connectivity index (χ2n) is 2.71. The summed E-state index contributed by atoms with van der Waals surface area (Å²) in [6.45, 7) is 3.48. The lowest BCUT2D eigenvalue weighted by molar-refractivity contribution is 0.432. The van der Waals surface area contributed by atoms with E-state index in [4.69, 9.17) is 0 Å². The van der Waals surface area contributed by atoms with E-state index in [-0.39, 0.29) is 0 Å². The Hall–Kier alpha value is -0.660. The first-order chi connectivity index (χ1) is 4.93. The van der Waals surface area contributed by atoms with Gasteiger partial charge in [-0.3, -0.25) is 0 Å². The zero-order valence-electron chi connectivity index (χ0n) is 6.29. The zero-order chi connectivity index (χ0) is 7.23. The van der Waals surface area contributed by atoms with E-state index in [1.807, 2.05) is 0 Å². The molecule has 0 saturated heterocycles. The van der Waals surface area contributed by atoms with Crippen molar-refractivity contribution in [3.05, 3.63) is 12.8 Å². The topological polar surface area (TPSA) is 24.7 Å². The minimum Gasteiger partial charge on any atom is -0.186 e. The quantitative estimate of drug-likeness (QED) is 0.524. The third-order valence-electron chi connectivity index (χ3n) is 1.89. The maximum atomic E-state index is 4.11. The summed E-state index contributed by atoms with van der Waals surface area (Å²) in [5, 5.41) is 7.89. The van der Waals surface area contributed by atoms with Crippen molar-refractivity contribution in [2.45, 2.75) is 38.1 Å². The Morgan fingerprint density at radius 1 is 1.20 bits per heavy atom. The van der Waals surface area contributed by atoms with Gasteiger partial charge in [-0.05, 0) is 12.8 Å². The summed E-state index contributed by atoms with van der Waals surface area (Å²) in [4.78, 5) is 0. The molecule has 0 radical (unpaired) electrons. The highest BCUT2D eigenvalue weighted by atomic mass is 15.1. The van der Waals surface area contributed by atoms with Gasteiger partial charge in [0.2, 0.25) is 0 Å². The molecule has 1 aliphatic carbocycles. The summed E-state index contributed by atoms with van der Waals surface area (Å²) in [7, 11) is 0. The van der Waals surface area contributed by atoms with Crippen molar-refractivity contribution in [1.82, 2.24) is 0 Å². The van der Waals surface area contributed by atoms with Crippen LogP contribution >= 0.6 is 0 Å². The highest BCUT2D eigenvalue weighted by Crippen LogP contribution is 2.20. The molecule has 1 saturated carbocycles. The average molecular weight is 138 g/mol. The van der Waals surface area contributed by atoms with E-state index in [9.17, 15) is 0 Å². The lowest BCUT2D eigenvalue weighted by Gasteiger charge is -2.15.